The molecule has 0 aromatic heterocycles. The minimum Gasteiger partial charge on any atom is -0.268 e. The zero-order chi connectivity index (χ0) is 18.9. The molecule has 2 aromatic rings. The molecular formula is C18H11ClF3NO2S. The summed E-state index contributed by atoms with van der Waals surface area (Å²) in [6, 6.07) is 11.6. The Kier molecular flexibility index (Phi) is 5.11. The van der Waals surface area contributed by atoms with Crippen LogP contribution in [0.2, 0.25) is 5.02 Å². The van der Waals surface area contributed by atoms with Gasteiger partial charge in [-0.15, -0.1) is 0 Å². The average molecular weight is 398 g/mol. The van der Waals surface area contributed by atoms with Gasteiger partial charge in [0.25, 0.3) is 11.1 Å². The van der Waals surface area contributed by atoms with Crippen molar-refractivity contribution >= 4 is 40.6 Å². The van der Waals surface area contributed by atoms with Gasteiger partial charge in [-0.2, -0.15) is 13.2 Å². The number of hydrogen-bond acceptors (Lipinski definition) is 3. The lowest BCUT2D eigenvalue weighted by atomic mass is 10.1. The van der Waals surface area contributed by atoms with E-state index in [0.717, 1.165) is 17.0 Å². The van der Waals surface area contributed by atoms with Crippen molar-refractivity contribution in [2.24, 2.45) is 0 Å². The van der Waals surface area contributed by atoms with Crippen LogP contribution < -0.4 is 0 Å². The van der Waals surface area contributed by atoms with Crippen LogP contribution in [-0.4, -0.2) is 16.0 Å². The maximum atomic E-state index is 13.1. The number of benzene rings is 2. The molecule has 1 aliphatic rings. The minimum atomic E-state index is -4.55. The summed E-state index contributed by atoms with van der Waals surface area (Å²) in [6.07, 6.45) is -3.45. The van der Waals surface area contributed by atoms with Gasteiger partial charge in [-0.1, -0.05) is 41.9 Å². The third-order valence-electron chi connectivity index (χ3n) is 3.66. The first-order chi connectivity index (χ1) is 12.3. The van der Waals surface area contributed by atoms with Gasteiger partial charge in [-0.3, -0.25) is 14.5 Å². The first kappa shape index (κ1) is 18.5. The van der Waals surface area contributed by atoms with Crippen LogP contribution in [-0.2, 0) is 17.5 Å². The normalized spacial score (nSPS) is 16.6. The molecule has 3 rings (SSSR count). The Hall–Kier alpha value is -2.25. The van der Waals surface area contributed by atoms with Crippen LogP contribution in [0.25, 0.3) is 6.08 Å². The number of rotatable bonds is 3. The van der Waals surface area contributed by atoms with E-state index in [-0.39, 0.29) is 17.0 Å². The van der Waals surface area contributed by atoms with Gasteiger partial charge in [-0.25, -0.2) is 0 Å². The summed E-state index contributed by atoms with van der Waals surface area (Å²) in [4.78, 5) is 25.5. The van der Waals surface area contributed by atoms with Crippen molar-refractivity contribution in [3.05, 3.63) is 75.1 Å². The third-order valence-corrected chi connectivity index (χ3v) is 4.80. The van der Waals surface area contributed by atoms with E-state index in [9.17, 15) is 22.8 Å². The Morgan fingerprint density at radius 1 is 1.08 bits per heavy atom. The van der Waals surface area contributed by atoms with Crippen molar-refractivity contribution in [2.45, 2.75) is 12.7 Å². The van der Waals surface area contributed by atoms with Gasteiger partial charge in [0.15, 0.2) is 0 Å². The highest BCUT2D eigenvalue weighted by Crippen LogP contribution is 2.37. The van der Waals surface area contributed by atoms with Gasteiger partial charge >= 0.3 is 6.18 Å². The van der Waals surface area contributed by atoms with Crippen LogP contribution in [0, 0.1) is 0 Å². The van der Waals surface area contributed by atoms with Crippen LogP contribution in [0.1, 0.15) is 16.7 Å². The highest BCUT2D eigenvalue weighted by Gasteiger charge is 2.37. The monoisotopic (exact) mass is 397 g/mol. The number of hydrogen-bond donors (Lipinski definition) is 0. The second kappa shape index (κ2) is 7.17. The van der Waals surface area contributed by atoms with Gasteiger partial charge in [0.1, 0.15) is 0 Å². The summed E-state index contributed by atoms with van der Waals surface area (Å²) in [5, 5.41) is -0.0742. The molecule has 0 saturated carbocycles. The molecule has 0 radical (unpaired) electrons. The predicted octanol–water partition coefficient (Wildman–Crippen LogP) is 5.60. The molecule has 3 nitrogen and oxygen atoms in total. The lowest BCUT2D eigenvalue weighted by molar-refractivity contribution is -0.137. The summed E-state index contributed by atoms with van der Waals surface area (Å²) in [7, 11) is 0. The van der Waals surface area contributed by atoms with Crippen LogP contribution >= 0.6 is 23.4 Å². The van der Waals surface area contributed by atoms with E-state index in [1.54, 1.807) is 24.3 Å². The maximum Gasteiger partial charge on any atom is 0.416 e. The second-order valence-electron chi connectivity index (χ2n) is 5.48. The molecule has 8 heteroatoms. The van der Waals surface area contributed by atoms with Crippen molar-refractivity contribution in [3.63, 3.8) is 0 Å². The topological polar surface area (TPSA) is 37.4 Å². The van der Waals surface area contributed by atoms with E-state index in [2.05, 4.69) is 0 Å². The lowest BCUT2D eigenvalue weighted by Crippen LogP contribution is -2.27. The van der Waals surface area contributed by atoms with Crippen molar-refractivity contribution in [1.29, 1.82) is 0 Å². The van der Waals surface area contributed by atoms with E-state index >= 15 is 0 Å². The molecule has 0 unspecified atom stereocenters. The van der Waals surface area contributed by atoms with E-state index in [1.165, 1.54) is 18.2 Å². The van der Waals surface area contributed by atoms with Gasteiger partial charge in [0, 0.05) is 5.02 Å². The van der Waals surface area contributed by atoms with Gasteiger partial charge < -0.3 is 0 Å². The number of thioether (sulfide) groups is 1. The summed E-state index contributed by atoms with van der Waals surface area (Å²) in [5.74, 6) is -0.628. The van der Waals surface area contributed by atoms with Crippen LogP contribution in [0.4, 0.5) is 18.0 Å². The van der Waals surface area contributed by atoms with E-state index in [1.807, 2.05) is 0 Å². The standard InChI is InChI=1S/C18H11ClF3NO2S/c19-13-6-3-4-11(8-13)10-23-16(24)15(26-17(23)25)9-12-5-1-2-7-14(12)18(20,21)22/h1-9H,10H2/b15-9-. The molecule has 134 valence electrons. The SMILES string of the molecule is O=C1S/C(=C\c2ccccc2C(F)(F)F)C(=O)N1Cc1cccc(Cl)c1. The quantitative estimate of drug-likeness (QED) is 0.633. The second-order valence-corrected chi connectivity index (χ2v) is 6.91. The highest BCUT2D eigenvalue weighted by molar-refractivity contribution is 8.18. The largest absolute Gasteiger partial charge is 0.416 e. The number of carbonyl (C=O) groups excluding carboxylic acids is 2. The number of amides is 2. The summed E-state index contributed by atoms with van der Waals surface area (Å²) < 4.78 is 39.3. The Labute approximate surface area is 156 Å². The molecule has 2 amide bonds. The molecule has 1 aliphatic heterocycles. The average Bonchev–Trinajstić information content (AvgIpc) is 2.82. The number of imide groups is 1. The van der Waals surface area contributed by atoms with Crippen molar-refractivity contribution in [1.82, 2.24) is 4.90 Å². The fraction of sp³-hybridized carbons (Fsp3) is 0.111. The number of nitrogens with zero attached hydrogens (tertiary/aromatic N) is 1. The third kappa shape index (κ3) is 3.94. The smallest absolute Gasteiger partial charge is 0.268 e. The number of halogens is 4. The van der Waals surface area contributed by atoms with Crippen molar-refractivity contribution in [3.8, 4) is 0 Å². The zero-order valence-electron chi connectivity index (χ0n) is 13.1. The van der Waals surface area contributed by atoms with Crippen LogP contribution in [0.3, 0.4) is 0 Å². The lowest BCUT2D eigenvalue weighted by Gasteiger charge is -2.13. The fourth-order valence-electron chi connectivity index (χ4n) is 2.48. The Morgan fingerprint density at radius 2 is 1.81 bits per heavy atom. The maximum absolute atomic E-state index is 13.1. The molecule has 1 heterocycles. The first-order valence-electron chi connectivity index (χ1n) is 7.42. The highest BCUT2D eigenvalue weighted by atomic mass is 35.5. The Balaban J connectivity index is 1.89. The molecule has 0 N–H and O–H groups in total. The first-order valence-corrected chi connectivity index (χ1v) is 8.61. The summed E-state index contributed by atoms with van der Waals surface area (Å²) >= 11 is 6.51. The Bertz CT molecular complexity index is 911. The van der Waals surface area contributed by atoms with Crippen molar-refractivity contribution in [2.75, 3.05) is 0 Å². The zero-order valence-corrected chi connectivity index (χ0v) is 14.7. The van der Waals surface area contributed by atoms with Crippen molar-refractivity contribution < 1.29 is 22.8 Å². The molecule has 0 aliphatic carbocycles. The molecule has 0 bridgehead atoms. The van der Waals surface area contributed by atoms with Gasteiger partial charge in [0.2, 0.25) is 0 Å². The summed E-state index contributed by atoms with van der Waals surface area (Å²) in [6.45, 7) is 0.00346. The van der Waals surface area contributed by atoms with E-state index in [4.69, 9.17) is 11.6 Å². The molecule has 2 aromatic carbocycles. The van der Waals surface area contributed by atoms with E-state index in [0.29, 0.717) is 22.3 Å². The molecule has 0 atom stereocenters. The molecule has 0 spiro atoms. The van der Waals surface area contributed by atoms with Crippen LogP contribution in [0.5, 0.6) is 0 Å². The van der Waals surface area contributed by atoms with Crippen LogP contribution in [0.15, 0.2) is 53.4 Å². The number of alkyl halides is 3. The molecular weight excluding hydrogens is 387 g/mol. The molecule has 26 heavy (non-hydrogen) atoms. The predicted molar refractivity (Wildman–Crippen MR) is 94.4 cm³/mol. The van der Waals surface area contributed by atoms with E-state index < -0.39 is 22.9 Å². The number of carbonyl (C=O) groups is 2. The Morgan fingerprint density at radius 3 is 2.50 bits per heavy atom. The fourth-order valence-corrected chi connectivity index (χ4v) is 3.52. The minimum absolute atomic E-state index is 0.00346. The van der Waals surface area contributed by atoms with Gasteiger partial charge in [0.05, 0.1) is 17.0 Å². The van der Waals surface area contributed by atoms with Gasteiger partial charge in [-0.05, 0) is 47.2 Å². The molecule has 1 saturated heterocycles. The molecule has 1 fully saturated rings. The summed E-state index contributed by atoms with van der Waals surface area (Å²) in [5.41, 5.74) is -0.369.